The lowest BCUT2D eigenvalue weighted by molar-refractivity contribution is -0.119. The van der Waals surface area contributed by atoms with E-state index in [2.05, 4.69) is 21.2 Å². The number of nitrogens with one attached hydrogen (secondary N) is 1. The van der Waals surface area contributed by atoms with Gasteiger partial charge in [0.05, 0.1) is 12.7 Å². The molecular formula is C12H15BrN2O3. The zero-order valence-corrected chi connectivity index (χ0v) is 11.8. The van der Waals surface area contributed by atoms with Crippen LogP contribution < -0.4 is 15.8 Å². The summed E-state index contributed by atoms with van der Waals surface area (Å²) in [5.41, 5.74) is 5.57. The molecular weight excluding hydrogens is 300 g/mol. The molecule has 0 aliphatic carbocycles. The van der Waals surface area contributed by atoms with Crippen LogP contribution in [0, 0.1) is 0 Å². The van der Waals surface area contributed by atoms with Gasteiger partial charge in [0, 0.05) is 4.47 Å². The number of primary amides is 1. The van der Waals surface area contributed by atoms with Gasteiger partial charge in [0.25, 0.3) is 5.91 Å². The molecule has 6 heteroatoms. The van der Waals surface area contributed by atoms with Crippen LogP contribution in [0.4, 0.5) is 0 Å². The minimum Gasteiger partial charge on any atom is -0.497 e. The van der Waals surface area contributed by atoms with Crippen LogP contribution in [0.5, 0.6) is 5.75 Å². The van der Waals surface area contributed by atoms with E-state index in [4.69, 9.17) is 10.5 Å². The number of halogens is 1. The third kappa shape index (κ3) is 3.46. The molecule has 0 radical (unpaired) electrons. The molecule has 1 unspecified atom stereocenters. The van der Waals surface area contributed by atoms with Crippen molar-refractivity contribution in [3.63, 3.8) is 0 Å². The van der Waals surface area contributed by atoms with Crippen molar-refractivity contribution in [1.29, 1.82) is 0 Å². The van der Waals surface area contributed by atoms with Crippen LogP contribution in [0.15, 0.2) is 22.7 Å². The number of carbonyl (C=O) groups is 2. The van der Waals surface area contributed by atoms with E-state index in [0.717, 1.165) is 0 Å². The monoisotopic (exact) mass is 314 g/mol. The van der Waals surface area contributed by atoms with Crippen LogP contribution >= 0.6 is 15.9 Å². The summed E-state index contributed by atoms with van der Waals surface area (Å²) in [6.07, 6.45) is 0.447. The van der Waals surface area contributed by atoms with Gasteiger partial charge in [-0.3, -0.25) is 9.59 Å². The Morgan fingerprint density at radius 2 is 2.17 bits per heavy atom. The van der Waals surface area contributed by atoms with E-state index in [-0.39, 0.29) is 5.91 Å². The topological polar surface area (TPSA) is 81.4 Å². The predicted molar refractivity (Wildman–Crippen MR) is 71.4 cm³/mol. The second-order valence-electron chi connectivity index (χ2n) is 3.68. The van der Waals surface area contributed by atoms with Gasteiger partial charge in [-0.05, 0) is 40.5 Å². The number of methoxy groups -OCH3 is 1. The van der Waals surface area contributed by atoms with E-state index in [1.54, 1.807) is 25.1 Å². The second-order valence-corrected chi connectivity index (χ2v) is 4.54. The summed E-state index contributed by atoms with van der Waals surface area (Å²) in [5, 5.41) is 2.58. The van der Waals surface area contributed by atoms with Crippen LogP contribution in [0.2, 0.25) is 0 Å². The fourth-order valence-corrected chi connectivity index (χ4v) is 1.84. The van der Waals surface area contributed by atoms with Gasteiger partial charge >= 0.3 is 0 Å². The highest BCUT2D eigenvalue weighted by molar-refractivity contribution is 9.10. The van der Waals surface area contributed by atoms with E-state index in [1.165, 1.54) is 7.11 Å². The molecule has 1 atom stereocenters. The van der Waals surface area contributed by atoms with Gasteiger partial charge in [-0.25, -0.2) is 0 Å². The van der Waals surface area contributed by atoms with Crippen molar-refractivity contribution in [2.75, 3.05) is 7.11 Å². The van der Waals surface area contributed by atoms with Crippen molar-refractivity contribution >= 4 is 27.7 Å². The van der Waals surface area contributed by atoms with Gasteiger partial charge in [-0.1, -0.05) is 6.92 Å². The SMILES string of the molecule is CCC(NC(=O)c1cc(OC)ccc1Br)C(N)=O. The highest BCUT2D eigenvalue weighted by atomic mass is 79.9. The number of hydrogen-bond acceptors (Lipinski definition) is 3. The molecule has 0 aromatic heterocycles. The molecule has 0 aliphatic heterocycles. The minimum atomic E-state index is -0.671. The zero-order chi connectivity index (χ0) is 13.7. The number of nitrogens with two attached hydrogens (primary N) is 1. The van der Waals surface area contributed by atoms with Gasteiger partial charge in [0.2, 0.25) is 5.91 Å². The lowest BCUT2D eigenvalue weighted by Gasteiger charge is -2.14. The number of benzene rings is 1. The summed E-state index contributed by atoms with van der Waals surface area (Å²) >= 11 is 3.28. The summed E-state index contributed by atoms with van der Waals surface area (Å²) in [7, 11) is 1.52. The third-order valence-corrected chi connectivity index (χ3v) is 3.17. The first kappa shape index (κ1) is 14.5. The van der Waals surface area contributed by atoms with Crippen molar-refractivity contribution < 1.29 is 14.3 Å². The Kier molecular flexibility index (Phi) is 5.15. The molecule has 3 N–H and O–H groups in total. The van der Waals surface area contributed by atoms with Crippen LogP contribution in [0.25, 0.3) is 0 Å². The van der Waals surface area contributed by atoms with Gasteiger partial charge in [-0.15, -0.1) is 0 Å². The van der Waals surface area contributed by atoms with E-state index in [9.17, 15) is 9.59 Å². The van der Waals surface area contributed by atoms with Gasteiger partial charge in [0.1, 0.15) is 11.8 Å². The minimum absolute atomic E-state index is 0.369. The molecule has 0 saturated heterocycles. The first-order valence-corrected chi connectivity index (χ1v) is 6.22. The van der Waals surface area contributed by atoms with E-state index in [1.807, 2.05) is 0 Å². The molecule has 18 heavy (non-hydrogen) atoms. The van der Waals surface area contributed by atoms with Crippen molar-refractivity contribution in [2.45, 2.75) is 19.4 Å². The molecule has 1 aromatic carbocycles. The van der Waals surface area contributed by atoms with Crippen molar-refractivity contribution in [1.82, 2.24) is 5.32 Å². The summed E-state index contributed by atoms with van der Waals surface area (Å²) in [5.74, 6) is -0.355. The number of hydrogen-bond donors (Lipinski definition) is 2. The number of rotatable bonds is 5. The average molecular weight is 315 g/mol. The summed E-state index contributed by atoms with van der Waals surface area (Å²) in [6, 6.07) is 4.36. The molecule has 5 nitrogen and oxygen atoms in total. The Labute approximate surface area is 114 Å². The Hall–Kier alpha value is -1.56. The Morgan fingerprint density at radius 1 is 1.50 bits per heavy atom. The maximum Gasteiger partial charge on any atom is 0.253 e. The maximum atomic E-state index is 12.0. The Morgan fingerprint density at radius 3 is 2.67 bits per heavy atom. The van der Waals surface area contributed by atoms with Crippen LogP contribution in [0.1, 0.15) is 23.7 Å². The summed E-state index contributed by atoms with van der Waals surface area (Å²) < 4.78 is 5.67. The zero-order valence-electron chi connectivity index (χ0n) is 10.2. The molecule has 1 rings (SSSR count). The van der Waals surface area contributed by atoms with E-state index in [0.29, 0.717) is 22.2 Å². The molecule has 1 aromatic rings. The van der Waals surface area contributed by atoms with Gasteiger partial charge < -0.3 is 15.8 Å². The predicted octanol–water partition coefficient (Wildman–Crippen LogP) is 1.45. The molecule has 0 aliphatic rings. The molecule has 0 saturated carbocycles. The highest BCUT2D eigenvalue weighted by Crippen LogP contribution is 2.22. The van der Waals surface area contributed by atoms with E-state index < -0.39 is 11.9 Å². The average Bonchev–Trinajstić information content (AvgIpc) is 2.35. The molecule has 98 valence electrons. The molecule has 0 bridgehead atoms. The highest BCUT2D eigenvalue weighted by Gasteiger charge is 2.18. The van der Waals surface area contributed by atoms with Crippen LogP contribution in [0.3, 0.4) is 0 Å². The first-order valence-electron chi connectivity index (χ1n) is 5.43. The normalized spacial score (nSPS) is 11.7. The molecule has 0 heterocycles. The Bertz CT molecular complexity index is 463. The lowest BCUT2D eigenvalue weighted by atomic mass is 10.1. The van der Waals surface area contributed by atoms with Gasteiger partial charge in [0.15, 0.2) is 0 Å². The number of amides is 2. The standard InChI is InChI=1S/C12H15BrN2O3/c1-3-10(11(14)16)15-12(17)8-6-7(18-2)4-5-9(8)13/h4-6,10H,3H2,1-2H3,(H2,14,16)(H,15,17). The molecule has 2 amide bonds. The summed E-state index contributed by atoms with van der Waals surface area (Å²) in [6.45, 7) is 1.77. The lowest BCUT2D eigenvalue weighted by Crippen LogP contribution is -2.44. The largest absolute Gasteiger partial charge is 0.497 e. The molecule has 0 fully saturated rings. The second kappa shape index (κ2) is 6.39. The molecule has 0 spiro atoms. The maximum absolute atomic E-state index is 12.0. The van der Waals surface area contributed by atoms with Crippen molar-refractivity contribution in [3.8, 4) is 5.75 Å². The number of ether oxygens (including phenoxy) is 1. The smallest absolute Gasteiger partial charge is 0.253 e. The number of carbonyl (C=O) groups excluding carboxylic acids is 2. The van der Waals surface area contributed by atoms with E-state index >= 15 is 0 Å². The first-order chi connectivity index (χ1) is 8.49. The Balaban J connectivity index is 2.93. The quantitative estimate of drug-likeness (QED) is 0.863. The van der Waals surface area contributed by atoms with Crippen molar-refractivity contribution in [3.05, 3.63) is 28.2 Å². The fraction of sp³-hybridized carbons (Fsp3) is 0.333. The van der Waals surface area contributed by atoms with Crippen LogP contribution in [-0.4, -0.2) is 25.0 Å². The third-order valence-electron chi connectivity index (χ3n) is 2.48. The summed E-state index contributed by atoms with van der Waals surface area (Å²) in [4.78, 5) is 23.1. The van der Waals surface area contributed by atoms with Crippen molar-refractivity contribution in [2.24, 2.45) is 5.73 Å². The van der Waals surface area contributed by atoms with Crippen LogP contribution in [-0.2, 0) is 4.79 Å². The van der Waals surface area contributed by atoms with Gasteiger partial charge in [-0.2, -0.15) is 0 Å². The fourth-order valence-electron chi connectivity index (χ4n) is 1.42.